The molecular weight excluding hydrogens is 639 g/mol. The van der Waals surface area contributed by atoms with E-state index in [1.165, 1.54) is 6.20 Å². The lowest BCUT2D eigenvalue weighted by Crippen LogP contribution is -2.45. The van der Waals surface area contributed by atoms with Gasteiger partial charge in [0, 0.05) is 30.4 Å². The summed E-state index contributed by atoms with van der Waals surface area (Å²) in [6.45, 7) is -1.42. The van der Waals surface area contributed by atoms with Crippen molar-refractivity contribution in [1.82, 2.24) is 14.1 Å². The van der Waals surface area contributed by atoms with Crippen LogP contribution in [-0.4, -0.2) is 56.6 Å². The van der Waals surface area contributed by atoms with Crippen LogP contribution in [0.2, 0.25) is 0 Å². The molecule has 21 heteroatoms. The second kappa shape index (κ2) is 12.8. The summed E-state index contributed by atoms with van der Waals surface area (Å²) in [4.78, 5) is 66.6. The minimum atomic E-state index is -5.80. The molecule has 2 unspecified atom stereocenters. The molecule has 0 radical (unpaired) electrons. The number of nitrogens with zero attached hydrogens (tertiary/aromatic N) is 3. The van der Waals surface area contributed by atoms with E-state index in [1.807, 2.05) is 18.2 Å². The monoisotopic (exact) mass is 663 g/mol. The summed E-state index contributed by atoms with van der Waals surface area (Å²) in [5.74, 6) is -1.33. The highest BCUT2D eigenvalue weighted by Crippen LogP contribution is 2.66. The first-order chi connectivity index (χ1) is 20.1. The van der Waals surface area contributed by atoms with E-state index in [9.17, 15) is 43.3 Å². The molecule has 6 N–H and O–H groups in total. The third-order valence-electron chi connectivity index (χ3n) is 5.74. The predicted octanol–water partition coefficient (Wildman–Crippen LogP) is 1.51. The van der Waals surface area contributed by atoms with Crippen molar-refractivity contribution in [2.24, 2.45) is 0 Å². The van der Waals surface area contributed by atoms with Gasteiger partial charge >= 0.3 is 29.2 Å². The smallest absolute Gasteiger partial charge is 0.490 e. The van der Waals surface area contributed by atoms with Gasteiger partial charge in [0.1, 0.15) is 18.5 Å². The van der Waals surface area contributed by atoms with E-state index in [1.54, 1.807) is 24.3 Å². The Balaban J connectivity index is 1.56. The molecule has 4 atom stereocenters. The number of hydrogen-bond acceptors (Lipinski definition) is 12. The molecule has 0 amide bonds. The highest BCUT2D eigenvalue weighted by Gasteiger charge is 2.41. The normalized spacial score (nSPS) is 20.2. The van der Waals surface area contributed by atoms with Gasteiger partial charge in [0.2, 0.25) is 6.23 Å². The van der Waals surface area contributed by atoms with Crippen molar-refractivity contribution in [2.75, 3.05) is 6.61 Å². The Morgan fingerprint density at radius 2 is 1.65 bits per heavy atom. The average molecular weight is 663 g/mol. The summed E-state index contributed by atoms with van der Waals surface area (Å²) < 4.78 is 53.1. The number of phosphoric ester groups is 1. The Bertz CT molecular complexity index is 1790. The van der Waals surface area contributed by atoms with Gasteiger partial charge in [0.25, 0.3) is 5.56 Å². The molecular formula is C22H24N3O15P3. The maximum Gasteiger partial charge on any atom is 0.490 e. The van der Waals surface area contributed by atoms with Crippen LogP contribution in [0.4, 0.5) is 0 Å². The molecule has 43 heavy (non-hydrogen) atoms. The van der Waals surface area contributed by atoms with Crippen LogP contribution < -0.4 is 11.2 Å². The van der Waals surface area contributed by atoms with Crippen LogP contribution in [0.15, 0.2) is 82.0 Å². The van der Waals surface area contributed by atoms with Gasteiger partial charge in [-0.25, -0.2) is 18.5 Å². The van der Waals surface area contributed by atoms with E-state index in [2.05, 4.69) is 18.1 Å². The lowest BCUT2D eigenvalue weighted by atomic mass is 10.0. The lowest BCUT2D eigenvalue weighted by Gasteiger charge is -2.31. The van der Waals surface area contributed by atoms with Gasteiger partial charge in [-0.2, -0.15) is 8.62 Å². The SMILES string of the molecule is O=c1ccn([C@@H]2OC(COP(=O)(O)OP(=O)(O)OP(=O)(O)O)=C(O)C[C@@H]2O)c(=O)n1Cc1ncccc1-c1ccccc1. The summed E-state index contributed by atoms with van der Waals surface area (Å²) in [7, 11) is -17.0. The molecule has 0 aliphatic carbocycles. The number of aliphatic hydroxyl groups is 2. The van der Waals surface area contributed by atoms with Gasteiger partial charge in [0.15, 0.2) is 5.76 Å². The molecule has 0 fully saturated rings. The molecule has 3 aromatic rings. The van der Waals surface area contributed by atoms with E-state index < -0.39 is 71.6 Å². The first-order valence-electron chi connectivity index (χ1n) is 11.9. The zero-order chi connectivity index (χ0) is 31.6. The highest BCUT2D eigenvalue weighted by atomic mass is 31.3. The van der Waals surface area contributed by atoms with Crippen LogP contribution in [-0.2, 0) is 38.1 Å². The summed E-state index contributed by atoms with van der Waals surface area (Å²) in [5.41, 5.74) is 0.157. The maximum atomic E-state index is 13.4. The molecule has 4 rings (SSSR count). The summed E-state index contributed by atoms with van der Waals surface area (Å²) >= 11 is 0. The van der Waals surface area contributed by atoms with E-state index in [0.717, 1.165) is 27.0 Å². The van der Waals surface area contributed by atoms with Crippen LogP contribution >= 0.6 is 23.5 Å². The van der Waals surface area contributed by atoms with Crippen LogP contribution in [0.3, 0.4) is 0 Å². The zero-order valence-corrected chi connectivity index (χ0v) is 24.3. The number of aliphatic hydroxyl groups excluding tert-OH is 2. The molecule has 0 bridgehead atoms. The third-order valence-corrected chi connectivity index (χ3v) is 9.53. The number of ether oxygens (including phenoxy) is 1. The molecule has 1 aliphatic rings. The quantitative estimate of drug-likeness (QED) is 0.159. The molecule has 1 aliphatic heterocycles. The van der Waals surface area contributed by atoms with E-state index >= 15 is 0 Å². The van der Waals surface area contributed by atoms with Crippen molar-refractivity contribution in [1.29, 1.82) is 0 Å². The van der Waals surface area contributed by atoms with Crippen molar-refractivity contribution in [3.63, 3.8) is 0 Å². The highest BCUT2D eigenvalue weighted by molar-refractivity contribution is 7.66. The fourth-order valence-corrected chi connectivity index (χ4v) is 6.95. The van der Waals surface area contributed by atoms with Crippen molar-refractivity contribution >= 4 is 23.5 Å². The number of benzene rings is 1. The lowest BCUT2D eigenvalue weighted by molar-refractivity contribution is -0.0851. The molecule has 18 nitrogen and oxygen atoms in total. The number of rotatable bonds is 11. The van der Waals surface area contributed by atoms with Gasteiger partial charge in [-0.3, -0.25) is 23.4 Å². The summed E-state index contributed by atoms with van der Waals surface area (Å²) in [5, 5.41) is 20.8. The van der Waals surface area contributed by atoms with Gasteiger partial charge in [-0.1, -0.05) is 36.4 Å². The van der Waals surface area contributed by atoms with E-state index in [0.29, 0.717) is 11.3 Å². The van der Waals surface area contributed by atoms with Gasteiger partial charge in [-0.05, 0) is 11.6 Å². The summed E-state index contributed by atoms with van der Waals surface area (Å²) in [6, 6.07) is 13.5. The first kappa shape index (κ1) is 32.7. The Kier molecular flexibility index (Phi) is 9.71. The number of phosphoric acid groups is 3. The van der Waals surface area contributed by atoms with E-state index in [-0.39, 0.29) is 6.54 Å². The van der Waals surface area contributed by atoms with Crippen molar-refractivity contribution in [3.8, 4) is 11.1 Å². The Hall–Kier alpha value is -3.24. The maximum absolute atomic E-state index is 13.4. The average Bonchev–Trinajstić information content (AvgIpc) is 2.90. The third kappa shape index (κ3) is 8.44. The first-order valence-corrected chi connectivity index (χ1v) is 16.4. The standard InChI is InChI=1S/C22H24N3O15P3/c26-17-11-18(27)21(38-19(17)13-37-42(33,34)40-43(35,36)39-41(30,31)32)24-10-8-20(28)25(22(24)29)12-16-15(7-4-9-23-16)14-5-2-1-3-6-14/h1-10,18,21,26-27H,11-13H2,(H,33,34)(H,35,36)(H2,30,31,32)/t18-,21+/m0/s1. The zero-order valence-electron chi connectivity index (χ0n) is 21.6. The van der Waals surface area contributed by atoms with Gasteiger partial charge in [0.05, 0.1) is 12.2 Å². The van der Waals surface area contributed by atoms with Gasteiger partial charge < -0.3 is 34.5 Å². The van der Waals surface area contributed by atoms with E-state index in [4.69, 9.17) is 14.5 Å². The molecule has 2 aromatic heterocycles. The number of aromatic nitrogens is 3. The topological polar surface area (TPSA) is 266 Å². The fourth-order valence-electron chi connectivity index (χ4n) is 3.97. The van der Waals surface area contributed by atoms with Gasteiger partial charge in [-0.15, -0.1) is 0 Å². The molecule has 0 saturated heterocycles. The minimum Gasteiger partial charge on any atom is -0.509 e. The second-order valence-electron chi connectivity index (χ2n) is 8.81. The number of pyridine rings is 1. The Morgan fingerprint density at radius 3 is 2.33 bits per heavy atom. The molecule has 0 spiro atoms. The Labute approximate surface area is 241 Å². The Morgan fingerprint density at radius 1 is 0.953 bits per heavy atom. The largest absolute Gasteiger partial charge is 0.509 e. The fraction of sp³-hybridized carbons (Fsp3) is 0.227. The number of hydrogen-bond donors (Lipinski definition) is 6. The molecule has 232 valence electrons. The molecule has 0 saturated carbocycles. The second-order valence-corrected chi connectivity index (χ2v) is 13.2. The molecule has 3 heterocycles. The predicted molar refractivity (Wildman–Crippen MR) is 144 cm³/mol. The minimum absolute atomic E-state index is 0.271. The summed E-state index contributed by atoms with van der Waals surface area (Å²) in [6.07, 6.45) is -1.24. The van der Waals surface area contributed by atoms with Crippen LogP contribution in [0.25, 0.3) is 11.1 Å². The van der Waals surface area contributed by atoms with Crippen LogP contribution in [0, 0.1) is 0 Å². The van der Waals surface area contributed by atoms with Crippen molar-refractivity contribution in [3.05, 3.63) is 99.0 Å². The van der Waals surface area contributed by atoms with Crippen LogP contribution in [0.5, 0.6) is 0 Å². The van der Waals surface area contributed by atoms with Crippen LogP contribution in [0.1, 0.15) is 18.3 Å². The van der Waals surface area contributed by atoms with Crippen molar-refractivity contribution in [2.45, 2.75) is 25.3 Å². The van der Waals surface area contributed by atoms with Crippen molar-refractivity contribution < 1.29 is 61.4 Å². The molecule has 1 aromatic carbocycles.